The Hall–Kier alpha value is -2.00. The lowest BCUT2D eigenvalue weighted by molar-refractivity contribution is -0.159. The van der Waals surface area contributed by atoms with E-state index in [4.69, 9.17) is 4.74 Å². The largest absolute Gasteiger partial charge is 0.467 e. The number of carbonyl (C=O) groups is 3. The van der Waals surface area contributed by atoms with Gasteiger partial charge in [0.15, 0.2) is 0 Å². The van der Waals surface area contributed by atoms with Gasteiger partial charge in [-0.05, 0) is 39.5 Å². The summed E-state index contributed by atoms with van der Waals surface area (Å²) >= 11 is 0. The molecule has 0 aliphatic carbocycles. The van der Waals surface area contributed by atoms with Gasteiger partial charge in [-0.25, -0.2) is 9.59 Å². The Morgan fingerprint density at radius 2 is 1.48 bits per heavy atom. The van der Waals surface area contributed by atoms with Gasteiger partial charge >= 0.3 is 18.2 Å². The SMILES string of the molecule is COC(=O)[C@@H](CCC(F)(F)F)N(C)C(=O)[C@H](CC(C)C)N(C)C(=O)OC(C)(C)C. The summed E-state index contributed by atoms with van der Waals surface area (Å²) in [5.41, 5.74) is -0.788. The van der Waals surface area contributed by atoms with Gasteiger partial charge in [0.05, 0.1) is 7.11 Å². The van der Waals surface area contributed by atoms with Crippen LogP contribution in [0.3, 0.4) is 0 Å². The number of carbonyl (C=O) groups excluding carboxylic acids is 3. The molecule has 2 amide bonds. The standard InChI is InChI=1S/C19H33F3N2O5/c1-12(2)11-14(24(7)17(27)29-18(3,4)5)15(25)23(6)13(16(26)28-8)9-10-19(20,21)22/h12-14H,9-11H2,1-8H3/t13-,14+/m1/s1. The first-order chi connectivity index (χ1) is 13.0. The minimum absolute atomic E-state index is 0.00557. The van der Waals surface area contributed by atoms with E-state index >= 15 is 0 Å². The van der Waals surface area contributed by atoms with Crippen LogP contribution in [0.15, 0.2) is 0 Å². The maximum Gasteiger partial charge on any atom is 0.410 e. The van der Waals surface area contributed by atoms with E-state index in [1.54, 1.807) is 20.8 Å². The molecule has 0 heterocycles. The molecule has 0 aliphatic heterocycles. The molecule has 170 valence electrons. The average molecular weight is 426 g/mol. The Balaban J connectivity index is 5.66. The molecule has 0 aromatic carbocycles. The van der Waals surface area contributed by atoms with Crippen LogP contribution < -0.4 is 0 Å². The monoisotopic (exact) mass is 426 g/mol. The van der Waals surface area contributed by atoms with E-state index in [-0.39, 0.29) is 12.3 Å². The van der Waals surface area contributed by atoms with Crippen molar-refractivity contribution in [3.63, 3.8) is 0 Å². The molecule has 0 radical (unpaired) electrons. The molecule has 2 atom stereocenters. The van der Waals surface area contributed by atoms with Crippen LogP contribution in [0.5, 0.6) is 0 Å². The van der Waals surface area contributed by atoms with Crippen molar-refractivity contribution < 1.29 is 37.0 Å². The number of alkyl halides is 3. The van der Waals surface area contributed by atoms with Gasteiger partial charge in [-0.3, -0.25) is 9.69 Å². The van der Waals surface area contributed by atoms with Crippen molar-refractivity contribution in [3.05, 3.63) is 0 Å². The number of ether oxygens (including phenoxy) is 2. The predicted molar refractivity (Wildman–Crippen MR) is 101 cm³/mol. The lowest BCUT2D eigenvalue weighted by atomic mass is 10.0. The van der Waals surface area contributed by atoms with Gasteiger partial charge in [-0.2, -0.15) is 13.2 Å². The third-order valence-electron chi connectivity index (χ3n) is 4.12. The van der Waals surface area contributed by atoms with E-state index in [0.717, 1.165) is 16.9 Å². The van der Waals surface area contributed by atoms with E-state index in [9.17, 15) is 27.6 Å². The summed E-state index contributed by atoms with van der Waals surface area (Å²) in [5.74, 6) is -1.62. The summed E-state index contributed by atoms with van der Waals surface area (Å²) < 4.78 is 47.8. The Morgan fingerprint density at radius 3 is 1.86 bits per heavy atom. The highest BCUT2D eigenvalue weighted by Crippen LogP contribution is 2.25. The molecule has 0 unspecified atom stereocenters. The van der Waals surface area contributed by atoms with Gasteiger partial charge in [-0.1, -0.05) is 13.8 Å². The fourth-order valence-corrected chi connectivity index (χ4v) is 2.63. The molecular weight excluding hydrogens is 393 g/mol. The molecule has 0 aromatic rings. The number of esters is 1. The highest BCUT2D eigenvalue weighted by molar-refractivity contribution is 5.89. The van der Waals surface area contributed by atoms with Crippen molar-refractivity contribution in [1.82, 2.24) is 9.80 Å². The van der Waals surface area contributed by atoms with Crippen molar-refractivity contribution in [1.29, 1.82) is 0 Å². The molecule has 0 aromatic heterocycles. The van der Waals surface area contributed by atoms with E-state index in [1.165, 1.54) is 14.1 Å². The third kappa shape index (κ3) is 9.85. The van der Waals surface area contributed by atoms with Crippen molar-refractivity contribution >= 4 is 18.0 Å². The molecule has 0 bridgehead atoms. The highest BCUT2D eigenvalue weighted by Gasteiger charge is 2.39. The number of amides is 2. The van der Waals surface area contributed by atoms with Crippen LogP contribution in [0, 0.1) is 5.92 Å². The van der Waals surface area contributed by atoms with Crippen molar-refractivity contribution in [2.45, 2.75) is 77.7 Å². The first kappa shape index (κ1) is 27.0. The summed E-state index contributed by atoms with van der Waals surface area (Å²) in [4.78, 5) is 39.5. The van der Waals surface area contributed by atoms with Gasteiger partial charge in [0, 0.05) is 20.5 Å². The van der Waals surface area contributed by atoms with E-state index in [1.807, 2.05) is 13.8 Å². The summed E-state index contributed by atoms with van der Waals surface area (Å²) in [6.45, 7) is 8.70. The van der Waals surface area contributed by atoms with Crippen LogP contribution >= 0.6 is 0 Å². The Kier molecular flexibility index (Phi) is 9.95. The maximum absolute atomic E-state index is 13.1. The Bertz CT molecular complexity index is 573. The van der Waals surface area contributed by atoms with Crippen LogP contribution in [0.25, 0.3) is 0 Å². The summed E-state index contributed by atoms with van der Waals surface area (Å²) in [7, 11) is 3.66. The lowest BCUT2D eigenvalue weighted by Gasteiger charge is -2.35. The number of nitrogens with zero attached hydrogens (tertiary/aromatic N) is 2. The van der Waals surface area contributed by atoms with Crippen molar-refractivity contribution in [2.75, 3.05) is 21.2 Å². The quantitative estimate of drug-likeness (QED) is 0.554. The van der Waals surface area contributed by atoms with Crippen LogP contribution in [0.2, 0.25) is 0 Å². The molecule has 7 nitrogen and oxygen atoms in total. The molecule has 0 saturated heterocycles. The smallest absolute Gasteiger partial charge is 0.410 e. The number of rotatable bonds is 8. The molecule has 0 N–H and O–H groups in total. The third-order valence-corrected chi connectivity index (χ3v) is 4.12. The second-order valence-electron chi connectivity index (χ2n) is 8.38. The molecule has 0 fully saturated rings. The maximum atomic E-state index is 13.1. The van der Waals surface area contributed by atoms with Gasteiger partial charge < -0.3 is 14.4 Å². The second-order valence-corrected chi connectivity index (χ2v) is 8.38. The minimum Gasteiger partial charge on any atom is -0.467 e. The lowest BCUT2D eigenvalue weighted by Crippen LogP contribution is -2.54. The first-order valence-corrected chi connectivity index (χ1v) is 9.37. The normalized spacial score (nSPS) is 14.2. The van der Waals surface area contributed by atoms with E-state index in [2.05, 4.69) is 4.74 Å². The summed E-state index contributed by atoms with van der Waals surface area (Å²) in [6.07, 6.45) is -6.87. The number of methoxy groups -OCH3 is 1. The van der Waals surface area contributed by atoms with E-state index < -0.39 is 54.7 Å². The first-order valence-electron chi connectivity index (χ1n) is 9.37. The Morgan fingerprint density at radius 1 is 0.966 bits per heavy atom. The fraction of sp³-hybridized carbons (Fsp3) is 0.842. The predicted octanol–water partition coefficient (Wildman–Crippen LogP) is 3.61. The topological polar surface area (TPSA) is 76.2 Å². The van der Waals surface area contributed by atoms with Crippen LogP contribution in [-0.4, -0.2) is 72.8 Å². The van der Waals surface area contributed by atoms with Gasteiger partial charge in [0.25, 0.3) is 0 Å². The van der Waals surface area contributed by atoms with Crippen LogP contribution in [-0.2, 0) is 19.1 Å². The number of likely N-dealkylation sites (N-methyl/N-ethyl adjacent to an activating group) is 2. The van der Waals surface area contributed by atoms with Gasteiger partial charge in [-0.15, -0.1) is 0 Å². The van der Waals surface area contributed by atoms with Gasteiger partial charge in [0.2, 0.25) is 5.91 Å². The molecular formula is C19H33F3N2O5. The molecule has 10 heteroatoms. The number of hydrogen-bond acceptors (Lipinski definition) is 5. The summed E-state index contributed by atoms with van der Waals surface area (Å²) in [5, 5.41) is 0. The molecule has 29 heavy (non-hydrogen) atoms. The van der Waals surface area contributed by atoms with Crippen LogP contribution in [0.4, 0.5) is 18.0 Å². The zero-order valence-corrected chi connectivity index (χ0v) is 18.4. The number of hydrogen-bond donors (Lipinski definition) is 0. The zero-order valence-electron chi connectivity index (χ0n) is 18.4. The summed E-state index contributed by atoms with van der Waals surface area (Å²) in [6, 6.07) is -2.43. The zero-order chi connectivity index (χ0) is 23.2. The average Bonchev–Trinajstić information content (AvgIpc) is 2.55. The highest BCUT2D eigenvalue weighted by atomic mass is 19.4. The van der Waals surface area contributed by atoms with Crippen molar-refractivity contribution in [2.24, 2.45) is 5.92 Å². The van der Waals surface area contributed by atoms with Crippen molar-refractivity contribution in [3.8, 4) is 0 Å². The second kappa shape index (κ2) is 10.7. The number of halogens is 3. The van der Waals surface area contributed by atoms with E-state index in [0.29, 0.717) is 0 Å². The Labute approximate surface area is 170 Å². The molecule has 0 spiro atoms. The molecule has 0 rings (SSSR count). The molecule has 0 aliphatic rings. The van der Waals surface area contributed by atoms with Crippen LogP contribution in [0.1, 0.15) is 53.9 Å². The molecule has 0 saturated carbocycles. The minimum atomic E-state index is -4.49. The van der Waals surface area contributed by atoms with Gasteiger partial charge in [0.1, 0.15) is 17.7 Å². The fourth-order valence-electron chi connectivity index (χ4n) is 2.63.